The van der Waals surface area contributed by atoms with Crippen molar-refractivity contribution in [1.82, 2.24) is 5.32 Å². The molecule has 19 heavy (non-hydrogen) atoms. The van der Waals surface area contributed by atoms with Crippen LogP contribution in [0.15, 0.2) is 18.2 Å². The number of amides is 1. The number of nitrogens with two attached hydrogens (primary N) is 1. The van der Waals surface area contributed by atoms with Crippen LogP contribution in [0.2, 0.25) is 0 Å². The van der Waals surface area contributed by atoms with E-state index in [1.165, 1.54) is 18.2 Å². The van der Waals surface area contributed by atoms with Crippen LogP contribution in [0.4, 0.5) is 10.1 Å². The van der Waals surface area contributed by atoms with E-state index in [1.54, 1.807) is 0 Å². The summed E-state index contributed by atoms with van der Waals surface area (Å²) in [5, 5.41) is 2.81. The quantitative estimate of drug-likeness (QED) is 0.825. The minimum Gasteiger partial charge on any atom is -0.399 e. The van der Waals surface area contributed by atoms with Crippen LogP contribution < -0.4 is 11.1 Å². The molecule has 0 aromatic heterocycles. The zero-order chi connectivity index (χ0) is 14.4. The Labute approximate surface area is 113 Å². The molecule has 3 N–H and O–H groups in total. The summed E-state index contributed by atoms with van der Waals surface area (Å²) in [5.41, 5.74) is 6.24. The highest BCUT2D eigenvalue weighted by Crippen LogP contribution is 2.67. The minimum atomic E-state index is -0.577. The Bertz CT molecular complexity index is 509. The SMILES string of the molecule is CC1(C)C(CNC(=O)c2ccc(N)cc2F)C1(C)C. The lowest BCUT2D eigenvalue weighted by molar-refractivity contribution is 0.0946. The van der Waals surface area contributed by atoms with Gasteiger partial charge in [-0.05, 0) is 34.9 Å². The van der Waals surface area contributed by atoms with Gasteiger partial charge in [-0.15, -0.1) is 0 Å². The largest absolute Gasteiger partial charge is 0.399 e. The molecule has 0 unspecified atom stereocenters. The summed E-state index contributed by atoms with van der Waals surface area (Å²) in [6.45, 7) is 9.32. The van der Waals surface area contributed by atoms with Gasteiger partial charge in [-0.2, -0.15) is 0 Å². The van der Waals surface area contributed by atoms with E-state index in [1.807, 2.05) is 0 Å². The van der Waals surface area contributed by atoms with Crippen LogP contribution in [-0.4, -0.2) is 12.5 Å². The molecule has 0 saturated heterocycles. The summed E-state index contributed by atoms with van der Waals surface area (Å²) in [6, 6.07) is 4.12. The molecule has 1 saturated carbocycles. The second-order valence-corrected chi connectivity index (χ2v) is 6.45. The first-order valence-corrected chi connectivity index (χ1v) is 6.51. The Hall–Kier alpha value is -1.58. The number of rotatable bonds is 3. The van der Waals surface area contributed by atoms with Gasteiger partial charge in [0.05, 0.1) is 5.56 Å². The van der Waals surface area contributed by atoms with Gasteiger partial charge in [0.15, 0.2) is 0 Å². The Balaban J connectivity index is 2.00. The molecule has 3 nitrogen and oxygen atoms in total. The smallest absolute Gasteiger partial charge is 0.254 e. The second-order valence-electron chi connectivity index (χ2n) is 6.45. The Kier molecular flexibility index (Phi) is 3.07. The van der Waals surface area contributed by atoms with E-state index in [9.17, 15) is 9.18 Å². The molecule has 2 rings (SSSR count). The van der Waals surface area contributed by atoms with Crippen molar-refractivity contribution in [2.45, 2.75) is 27.7 Å². The van der Waals surface area contributed by atoms with Crippen LogP contribution in [0.25, 0.3) is 0 Å². The molecule has 1 aromatic carbocycles. The molecule has 1 fully saturated rings. The van der Waals surface area contributed by atoms with Crippen molar-refractivity contribution >= 4 is 11.6 Å². The molecule has 0 bridgehead atoms. The van der Waals surface area contributed by atoms with E-state index < -0.39 is 5.82 Å². The molecule has 1 amide bonds. The van der Waals surface area contributed by atoms with Gasteiger partial charge in [-0.3, -0.25) is 4.79 Å². The Morgan fingerprint density at radius 3 is 2.37 bits per heavy atom. The highest BCUT2D eigenvalue weighted by Gasteiger charge is 2.64. The number of nitrogen functional groups attached to an aromatic ring is 1. The monoisotopic (exact) mass is 264 g/mol. The number of carbonyl (C=O) groups excluding carboxylic acids is 1. The zero-order valence-corrected chi connectivity index (χ0v) is 11.9. The summed E-state index contributed by atoms with van der Waals surface area (Å²) < 4.78 is 13.6. The number of nitrogens with one attached hydrogen (secondary N) is 1. The minimum absolute atomic E-state index is 0.0467. The maximum atomic E-state index is 13.6. The van der Waals surface area contributed by atoms with Gasteiger partial charge >= 0.3 is 0 Å². The first-order chi connectivity index (χ1) is 8.68. The highest BCUT2D eigenvalue weighted by atomic mass is 19.1. The normalized spacial score (nSPS) is 20.1. The van der Waals surface area contributed by atoms with Crippen LogP contribution in [0.5, 0.6) is 0 Å². The van der Waals surface area contributed by atoms with Crippen LogP contribution in [0.3, 0.4) is 0 Å². The van der Waals surface area contributed by atoms with E-state index in [4.69, 9.17) is 5.73 Å². The van der Waals surface area contributed by atoms with Gasteiger partial charge in [0.1, 0.15) is 5.82 Å². The maximum absolute atomic E-state index is 13.6. The van der Waals surface area contributed by atoms with Crippen molar-refractivity contribution in [3.05, 3.63) is 29.6 Å². The number of anilines is 1. The van der Waals surface area contributed by atoms with Crippen molar-refractivity contribution in [2.75, 3.05) is 12.3 Å². The van der Waals surface area contributed by atoms with Gasteiger partial charge in [-0.25, -0.2) is 4.39 Å². The first kappa shape index (κ1) is 13.8. The first-order valence-electron chi connectivity index (χ1n) is 6.51. The van der Waals surface area contributed by atoms with E-state index >= 15 is 0 Å². The van der Waals surface area contributed by atoms with Gasteiger partial charge in [0.2, 0.25) is 0 Å². The van der Waals surface area contributed by atoms with Gasteiger partial charge in [0, 0.05) is 12.2 Å². The van der Waals surface area contributed by atoms with Crippen LogP contribution >= 0.6 is 0 Å². The van der Waals surface area contributed by atoms with E-state index in [2.05, 4.69) is 33.0 Å². The molecule has 104 valence electrons. The third-order valence-electron chi connectivity index (χ3n) is 5.02. The van der Waals surface area contributed by atoms with Crippen molar-refractivity contribution in [3.63, 3.8) is 0 Å². The highest BCUT2D eigenvalue weighted by molar-refractivity contribution is 5.94. The predicted molar refractivity (Wildman–Crippen MR) is 74.2 cm³/mol. The summed E-state index contributed by atoms with van der Waals surface area (Å²) in [7, 11) is 0. The fraction of sp³-hybridized carbons (Fsp3) is 0.533. The molecule has 1 aromatic rings. The molecule has 0 atom stereocenters. The lowest BCUT2D eigenvalue weighted by Gasteiger charge is -2.07. The van der Waals surface area contributed by atoms with Crippen molar-refractivity contribution in [3.8, 4) is 0 Å². The Morgan fingerprint density at radius 2 is 1.89 bits per heavy atom. The van der Waals surface area contributed by atoms with E-state index in [-0.39, 0.29) is 22.3 Å². The van der Waals surface area contributed by atoms with E-state index in [0.717, 1.165) is 0 Å². The molecule has 0 aliphatic heterocycles. The standard InChI is InChI=1S/C15H21FN2O/c1-14(2)12(15(14,3)4)8-18-13(19)10-6-5-9(17)7-11(10)16/h5-7,12H,8,17H2,1-4H3,(H,18,19). The van der Waals surface area contributed by atoms with Crippen LogP contribution in [0, 0.1) is 22.6 Å². The van der Waals surface area contributed by atoms with Crippen LogP contribution in [-0.2, 0) is 0 Å². The number of halogens is 1. The third kappa shape index (κ3) is 2.20. The molecular formula is C15H21FN2O. The molecule has 0 radical (unpaired) electrons. The van der Waals surface area contributed by atoms with Gasteiger partial charge < -0.3 is 11.1 Å². The summed E-state index contributed by atoms with van der Waals surface area (Å²) in [6.07, 6.45) is 0. The fourth-order valence-corrected chi connectivity index (χ4v) is 2.85. The summed E-state index contributed by atoms with van der Waals surface area (Å²) in [5.74, 6) is -0.538. The molecule has 0 spiro atoms. The molecule has 1 aliphatic carbocycles. The molecule has 0 heterocycles. The zero-order valence-electron chi connectivity index (χ0n) is 11.9. The van der Waals surface area contributed by atoms with Crippen molar-refractivity contribution in [2.24, 2.45) is 16.7 Å². The molecular weight excluding hydrogens is 243 g/mol. The Morgan fingerprint density at radius 1 is 1.32 bits per heavy atom. The number of benzene rings is 1. The maximum Gasteiger partial charge on any atom is 0.254 e. The molecule has 1 aliphatic rings. The lowest BCUT2D eigenvalue weighted by Crippen LogP contribution is -2.27. The summed E-state index contributed by atoms with van der Waals surface area (Å²) in [4.78, 5) is 11.9. The van der Waals surface area contributed by atoms with Crippen molar-refractivity contribution < 1.29 is 9.18 Å². The number of carbonyl (C=O) groups is 1. The lowest BCUT2D eigenvalue weighted by atomic mass is 10.0. The predicted octanol–water partition coefficient (Wildman–Crippen LogP) is 2.82. The van der Waals surface area contributed by atoms with E-state index in [0.29, 0.717) is 18.2 Å². The second kappa shape index (κ2) is 4.22. The molecule has 4 heteroatoms. The average molecular weight is 264 g/mol. The number of hydrogen-bond acceptors (Lipinski definition) is 2. The summed E-state index contributed by atoms with van der Waals surface area (Å²) >= 11 is 0. The van der Waals surface area contributed by atoms with Crippen molar-refractivity contribution in [1.29, 1.82) is 0 Å². The van der Waals surface area contributed by atoms with Gasteiger partial charge in [-0.1, -0.05) is 27.7 Å². The third-order valence-corrected chi connectivity index (χ3v) is 5.02. The van der Waals surface area contributed by atoms with Gasteiger partial charge in [0.25, 0.3) is 5.91 Å². The number of hydrogen-bond donors (Lipinski definition) is 2. The topological polar surface area (TPSA) is 55.1 Å². The van der Waals surface area contributed by atoms with Crippen LogP contribution in [0.1, 0.15) is 38.1 Å². The average Bonchev–Trinajstić information content (AvgIpc) is 2.66. The fourth-order valence-electron chi connectivity index (χ4n) is 2.85.